The molecule has 1 aromatic rings. The first-order valence-electron chi connectivity index (χ1n) is 10.4. The van der Waals surface area contributed by atoms with Crippen LogP contribution in [0.5, 0.6) is 0 Å². The maximum atomic E-state index is 12.8. The Morgan fingerprint density at radius 2 is 1.71 bits per heavy atom. The zero-order chi connectivity index (χ0) is 25.0. The molecule has 15 heteroatoms. The third-order valence-electron chi connectivity index (χ3n) is 4.54. The summed E-state index contributed by atoms with van der Waals surface area (Å²) in [6, 6.07) is -0.193. The summed E-state index contributed by atoms with van der Waals surface area (Å²) >= 11 is 0. The van der Waals surface area contributed by atoms with Crippen molar-refractivity contribution in [1.82, 2.24) is 9.97 Å². The van der Waals surface area contributed by atoms with Crippen molar-refractivity contribution in [2.24, 2.45) is 5.73 Å². The predicted octanol–water partition coefficient (Wildman–Crippen LogP) is -1.05. The van der Waals surface area contributed by atoms with Crippen LogP contribution in [-0.2, 0) is 34.7 Å². The Labute approximate surface area is 193 Å². The molecule has 34 heavy (non-hydrogen) atoms. The molecular weight excluding hydrogens is 469 g/mol. The molecule has 1 aromatic heterocycles. The lowest BCUT2D eigenvalue weighted by Crippen LogP contribution is -2.57. The molecule has 4 atom stereocenters. The number of aliphatic hydroxyl groups excluding tert-OH is 2. The fraction of sp³-hybridized carbons (Fsp3) is 0.737. The van der Waals surface area contributed by atoms with E-state index in [0.29, 0.717) is 19.8 Å². The minimum Gasteiger partial charge on any atom is -0.388 e. The summed E-state index contributed by atoms with van der Waals surface area (Å²) in [4.78, 5) is 17.5. The number of halogens is 3. The minimum absolute atomic E-state index is 0.0257. The SMILES string of the molecule is NC(=O)COCCOCCOCCOC[C@H]1OC[C@H](Nc2nccc(C(F)(F)F)n2)[C@@H](O)[C@H]1O. The molecule has 1 fully saturated rings. The fourth-order valence-corrected chi connectivity index (χ4v) is 2.84. The lowest BCUT2D eigenvalue weighted by molar-refractivity contribution is -0.161. The zero-order valence-corrected chi connectivity index (χ0v) is 18.3. The third kappa shape index (κ3) is 10.0. The molecular formula is C19H29F3N4O8. The van der Waals surface area contributed by atoms with Gasteiger partial charge in [0.15, 0.2) is 0 Å². The van der Waals surface area contributed by atoms with Crippen LogP contribution >= 0.6 is 0 Å². The number of carbonyl (C=O) groups excluding carboxylic acids is 1. The van der Waals surface area contributed by atoms with Gasteiger partial charge in [-0.3, -0.25) is 4.79 Å². The number of hydrogen-bond acceptors (Lipinski definition) is 11. The molecule has 1 aliphatic heterocycles. The molecule has 0 aromatic carbocycles. The van der Waals surface area contributed by atoms with Crippen molar-refractivity contribution in [3.63, 3.8) is 0 Å². The van der Waals surface area contributed by atoms with Gasteiger partial charge in [-0.2, -0.15) is 13.2 Å². The highest BCUT2D eigenvalue weighted by Gasteiger charge is 2.39. The Kier molecular flexibility index (Phi) is 11.8. The van der Waals surface area contributed by atoms with E-state index in [2.05, 4.69) is 15.3 Å². The van der Waals surface area contributed by atoms with E-state index in [1.807, 2.05) is 0 Å². The molecule has 1 saturated heterocycles. The average molecular weight is 498 g/mol. The van der Waals surface area contributed by atoms with Crippen LogP contribution in [0.3, 0.4) is 0 Å². The van der Waals surface area contributed by atoms with Gasteiger partial charge in [-0.25, -0.2) is 9.97 Å². The number of nitrogens with two attached hydrogens (primary N) is 1. The average Bonchev–Trinajstić information content (AvgIpc) is 2.78. The summed E-state index contributed by atoms with van der Waals surface area (Å²) in [6.45, 7) is 1.33. The zero-order valence-electron chi connectivity index (χ0n) is 18.3. The molecule has 12 nitrogen and oxygen atoms in total. The number of nitrogens with zero attached hydrogens (tertiary/aromatic N) is 2. The third-order valence-corrected chi connectivity index (χ3v) is 4.54. The smallest absolute Gasteiger partial charge is 0.388 e. The van der Waals surface area contributed by atoms with E-state index >= 15 is 0 Å². The maximum Gasteiger partial charge on any atom is 0.433 e. The molecule has 0 unspecified atom stereocenters. The molecule has 0 spiro atoms. The molecule has 194 valence electrons. The van der Waals surface area contributed by atoms with Gasteiger partial charge in [0.05, 0.1) is 58.9 Å². The molecule has 5 N–H and O–H groups in total. The van der Waals surface area contributed by atoms with E-state index in [1.165, 1.54) is 0 Å². The molecule has 0 radical (unpaired) electrons. The maximum absolute atomic E-state index is 12.8. The Hall–Kier alpha value is -2.14. The highest BCUT2D eigenvalue weighted by atomic mass is 19.4. The lowest BCUT2D eigenvalue weighted by Gasteiger charge is -2.37. The minimum atomic E-state index is -4.64. The van der Waals surface area contributed by atoms with Crippen molar-refractivity contribution in [3.05, 3.63) is 18.0 Å². The van der Waals surface area contributed by atoms with Crippen LogP contribution in [0.25, 0.3) is 0 Å². The highest BCUT2D eigenvalue weighted by molar-refractivity contribution is 5.74. The summed E-state index contributed by atoms with van der Waals surface area (Å²) in [6.07, 6.45) is -7.22. The Morgan fingerprint density at radius 1 is 1.09 bits per heavy atom. The Balaban J connectivity index is 1.58. The van der Waals surface area contributed by atoms with E-state index < -0.39 is 42.1 Å². The summed E-state index contributed by atoms with van der Waals surface area (Å²) in [5, 5.41) is 23.1. The number of hydrogen-bond donors (Lipinski definition) is 4. The number of nitrogens with one attached hydrogen (secondary N) is 1. The highest BCUT2D eigenvalue weighted by Crippen LogP contribution is 2.28. The van der Waals surface area contributed by atoms with Crippen LogP contribution in [0.4, 0.5) is 19.1 Å². The number of primary amides is 1. The Bertz CT molecular complexity index is 746. The largest absolute Gasteiger partial charge is 0.433 e. The van der Waals surface area contributed by atoms with Gasteiger partial charge in [0, 0.05) is 6.20 Å². The van der Waals surface area contributed by atoms with Gasteiger partial charge in [-0.1, -0.05) is 0 Å². The van der Waals surface area contributed by atoms with Gasteiger partial charge in [0.25, 0.3) is 0 Å². The van der Waals surface area contributed by atoms with Crippen LogP contribution in [0.15, 0.2) is 12.3 Å². The molecule has 1 amide bonds. The quantitative estimate of drug-likeness (QED) is 0.218. The molecule has 0 bridgehead atoms. The second-order valence-corrected chi connectivity index (χ2v) is 7.19. The predicted molar refractivity (Wildman–Crippen MR) is 109 cm³/mol. The van der Waals surface area contributed by atoms with Crippen LogP contribution in [0, 0.1) is 0 Å². The van der Waals surface area contributed by atoms with E-state index in [-0.39, 0.29) is 45.6 Å². The van der Waals surface area contributed by atoms with Crippen molar-refractivity contribution in [3.8, 4) is 0 Å². The number of rotatable bonds is 15. The number of carbonyl (C=O) groups is 1. The molecule has 2 rings (SSSR count). The first-order valence-corrected chi connectivity index (χ1v) is 10.4. The Morgan fingerprint density at radius 3 is 2.32 bits per heavy atom. The topological polar surface area (TPSA) is 168 Å². The molecule has 1 aliphatic rings. The molecule has 0 saturated carbocycles. The van der Waals surface area contributed by atoms with E-state index in [0.717, 1.165) is 12.3 Å². The summed E-state index contributed by atoms with van der Waals surface area (Å²) < 4.78 is 64.6. The second-order valence-electron chi connectivity index (χ2n) is 7.19. The van der Waals surface area contributed by atoms with E-state index in [1.54, 1.807) is 0 Å². The molecule has 2 heterocycles. The van der Waals surface area contributed by atoms with Gasteiger partial charge >= 0.3 is 6.18 Å². The van der Waals surface area contributed by atoms with Gasteiger partial charge in [-0.05, 0) is 6.07 Å². The fourth-order valence-electron chi connectivity index (χ4n) is 2.84. The van der Waals surface area contributed by atoms with E-state index in [4.69, 9.17) is 29.4 Å². The summed E-state index contributed by atoms with van der Waals surface area (Å²) in [5.41, 5.74) is 3.78. The number of amides is 1. The van der Waals surface area contributed by atoms with Crippen molar-refractivity contribution >= 4 is 11.9 Å². The van der Waals surface area contributed by atoms with Gasteiger partial charge in [0.2, 0.25) is 11.9 Å². The second kappa shape index (κ2) is 14.3. The molecule has 0 aliphatic carbocycles. The van der Waals surface area contributed by atoms with Gasteiger partial charge in [0.1, 0.15) is 30.6 Å². The van der Waals surface area contributed by atoms with Crippen molar-refractivity contribution in [2.75, 3.05) is 64.8 Å². The van der Waals surface area contributed by atoms with Gasteiger partial charge < -0.3 is 44.9 Å². The van der Waals surface area contributed by atoms with Crippen molar-refractivity contribution < 1.29 is 51.9 Å². The van der Waals surface area contributed by atoms with Gasteiger partial charge in [-0.15, -0.1) is 0 Å². The van der Waals surface area contributed by atoms with Crippen molar-refractivity contribution in [2.45, 2.75) is 30.5 Å². The monoisotopic (exact) mass is 498 g/mol. The van der Waals surface area contributed by atoms with Crippen LogP contribution in [-0.4, -0.2) is 110 Å². The first-order chi connectivity index (χ1) is 16.2. The van der Waals surface area contributed by atoms with Crippen LogP contribution in [0.1, 0.15) is 5.69 Å². The standard InChI is InChI=1S/C19H29F3N4O8/c20-19(21,22)14-1-2-24-18(26-14)25-12-9-34-13(17(29)16(12)28)10-32-7-5-30-3-4-31-6-8-33-11-15(23)27/h1-2,12-13,16-17,28-29H,3-11H2,(H2,23,27)(H,24,25,26)/t12-,13+,16+,17-/m0/s1. The summed E-state index contributed by atoms with van der Waals surface area (Å²) in [7, 11) is 0. The number of aliphatic hydroxyl groups is 2. The normalized spacial score (nSPS) is 23.1. The van der Waals surface area contributed by atoms with Crippen LogP contribution < -0.4 is 11.1 Å². The first kappa shape index (κ1) is 28.1. The lowest BCUT2D eigenvalue weighted by atomic mass is 9.98. The van der Waals surface area contributed by atoms with Crippen LogP contribution in [0.2, 0.25) is 0 Å². The van der Waals surface area contributed by atoms with Crippen molar-refractivity contribution in [1.29, 1.82) is 0 Å². The summed E-state index contributed by atoms with van der Waals surface area (Å²) in [5.74, 6) is -0.895. The number of aromatic nitrogens is 2. The number of alkyl halides is 3. The number of anilines is 1. The number of ether oxygens (including phenoxy) is 5. The van der Waals surface area contributed by atoms with E-state index in [9.17, 15) is 28.2 Å².